The van der Waals surface area contributed by atoms with Crippen molar-refractivity contribution >= 4 is 114 Å². The first-order valence-electron chi connectivity index (χ1n) is 25.6. The standard InChI is InChI=1S/2C18H11ClFN5.C15H17BClNO2.C9H6BrFN4/c2*19-14-7-8-22-15-6-3-11(9-13(14)15)17-16(23-18(21)25-24-17)10-1-4-12(20)5-2-10;1-14(2)15(3,4)20-16(19-14)10-5-6-13-11(9-10)12(17)7-8-18-13;10-8-7(13-9(12)15-14-8)5-1-3-6(11)4-2-5/h2*1-9H,(H2,21,23,25);5-9H,1-4H3;1-4H,(H2,12,13,15). The van der Waals surface area contributed by atoms with E-state index >= 15 is 0 Å². The molecule has 0 radical (unpaired) electrons. The summed E-state index contributed by atoms with van der Waals surface area (Å²) < 4.78 is 51.7. The number of hydrogen-bond donors (Lipinski definition) is 3. The number of nitrogens with two attached hydrogens (primary N) is 3. The smallest absolute Gasteiger partial charge is 0.399 e. The van der Waals surface area contributed by atoms with Gasteiger partial charge in [-0.05, 0) is 170 Å². The van der Waals surface area contributed by atoms with Crippen LogP contribution in [0.1, 0.15) is 27.7 Å². The van der Waals surface area contributed by atoms with Crippen molar-refractivity contribution in [1.29, 1.82) is 0 Å². The molecule has 7 heterocycles. The zero-order valence-electron chi connectivity index (χ0n) is 45.2. The van der Waals surface area contributed by atoms with Crippen molar-refractivity contribution in [2.24, 2.45) is 0 Å². The van der Waals surface area contributed by atoms with Gasteiger partial charge in [0, 0.05) is 62.6 Å². The largest absolute Gasteiger partial charge is 0.494 e. The minimum atomic E-state index is -0.374. The fraction of sp³-hybridized carbons (Fsp3) is 0.100. The van der Waals surface area contributed by atoms with Crippen molar-refractivity contribution in [1.82, 2.24) is 60.5 Å². The highest BCUT2D eigenvalue weighted by molar-refractivity contribution is 9.10. The van der Waals surface area contributed by atoms with Crippen LogP contribution in [0.4, 0.5) is 31.0 Å². The molecule has 1 fully saturated rings. The third-order valence-corrected chi connectivity index (χ3v) is 15.1. The summed E-state index contributed by atoms with van der Waals surface area (Å²) in [6, 6.07) is 40.2. The molecule has 0 spiro atoms. The summed E-state index contributed by atoms with van der Waals surface area (Å²) in [6.07, 6.45) is 5.01. The molecule has 13 rings (SSSR count). The van der Waals surface area contributed by atoms with Crippen LogP contribution in [0.15, 0.2) is 169 Å². The van der Waals surface area contributed by atoms with Crippen molar-refractivity contribution in [3.8, 4) is 56.3 Å². The first-order valence-corrected chi connectivity index (χ1v) is 27.6. The second-order valence-electron chi connectivity index (χ2n) is 19.8. The molecule has 12 aromatic rings. The van der Waals surface area contributed by atoms with Crippen LogP contribution < -0.4 is 22.7 Å². The summed E-state index contributed by atoms with van der Waals surface area (Å²) in [7, 11) is -0.374. The Hall–Kier alpha value is -8.90. The van der Waals surface area contributed by atoms with Gasteiger partial charge in [-0.15, -0.1) is 30.6 Å². The number of pyridine rings is 3. The molecule has 0 saturated carbocycles. The molecule has 0 bridgehead atoms. The zero-order chi connectivity index (χ0) is 60.2. The van der Waals surface area contributed by atoms with Gasteiger partial charge in [-0.25, -0.2) is 28.1 Å². The van der Waals surface area contributed by atoms with Crippen molar-refractivity contribution in [2.45, 2.75) is 38.9 Å². The molecule has 0 amide bonds. The van der Waals surface area contributed by atoms with Crippen LogP contribution >= 0.6 is 50.7 Å². The maximum absolute atomic E-state index is 13.2. The van der Waals surface area contributed by atoms with Gasteiger partial charge in [-0.2, -0.15) is 0 Å². The second kappa shape index (κ2) is 25.1. The molecule has 0 aliphatic carbocycles. The number of anilines is 3. The Morgan fingerprint density at radius 1 is 0.400 bits per heavy atom. The Balaban J connectivity index is 0.000000128. The fourth-order valence-electron chi connectivity index (χ4n) is 8.58. The van der Waals surface area contributed by atoms with Crippen molar-refractivity contribution in [3.63, 3.8) is 0 Å². The molecule has 424 valence electrons. The third-order valence-electron chi connectivity index (χ3n) is 13.6. The zero-order valence-corrected chi connectivity index (χ0v) is 49.1. The van der Waals surface area contributed by atoms with Crippen molar-refractivity contribution < 1.29 is 22.5 Å². The molecule has 1 aliphatic rings. The van der Waals surface area contributed by atoms with Crippen LogP contribution in [0.25, 0.3) is 89.0 Å². The molecule has 0 atom stereocenters. The van der Waals surface area contributed by atoms with Gasteiger partial charge in [-0.3, -0.25) is 15.0 Å². The number of benzene rings is 6. The lowest BCUT2D eigenvalue weighted by Gasteiger charge is -2.32. The average Bonchev–Trinajstić information content (AvgIpc) is 3.28. The summed E-state index contributed by atoms with van der Waals surface area (Å²) in [5, 5.41) is 27.8. The number of rotatable bonds is 6. The maximum atomic E-state index is 13.2. The predicted octanol–water partition coefficient (Wildman–Crippen LogP) is 13.5. The van der Waals surface area contributed by atoms with E-state index in [-0.39, 0.29) is 53.6 Å². The predicted molar refractivity (Wildman–Crippen MR) is 331 cm³/mol. The van der Waals surface area contributed by atoms with Gasteiger partial charge in [0.15, 0.2) is 4.60 Å². The maximum Gasteiger partial charge on any atom is 0.494 e. The lowest BCUT2D eigenvalue weighted by molar-refractivity contribution is 0.00578. The summed E-state index contributed by atoms with van der Waals surface area (Å²) in [4.78, 5) is 25.4. The number of fused-ring (bicyclic) bond motifs is 3. The molecule has 17 nitrogen and oxygen atoms in total. The fourth-order valence-corrected chi connectivity index (χ4v) is 9.60. The number of aromatic nitrogens is 12. The van der Waals surface area contributed by atoms with Crippen LogP contribution in [0.2, 0.25) is 15.1 Å². The molecule has 25 heteroatoms. The van der Waals surface area contributed by atoms with Gasteiger partial charge in [0.25, 0.3) is 0 Å². The summed E-state index contributed by atoms with van der Waals surface area (Å²) in [5.41, 5.74) is 25.8. The molecule has 0 unspecified atom stereocenters. The summed E-state index contributed by atoms with van der Waals surface area (Å²) in [5.74, 6) is -0.790. The average molecular weight is 1260 g/mol. The summed E-state index contributed by atoms with van der Waals surface area (Å²) >= 11 is 22.0. The van der Waals surface area contributed by atoms with E-state index in [2.05, 4.69) is 76.4 Å². The van der Waals surface area contributed by atoms with Gasteiger partial charge in [0.2, 0.25) is 17.8 Å². The normalized spacial score (nSPS) is 13.1. The lowest BCUT2D eigenvalue weighted by atomic mass is 9.78. The minimum Gasteiger partial charge on any atom is -0.399 e. The third kappa shape index (κ3) is 13.6. The number of nitrogen functional groups attached to an aromatic ring is 3. The van der Waals surface area contributed by atoms with Crippen molar-refractivity contribution in [3.05, 3.63) is 201 Å². The Morgan fingerprint density at radius 2 is 0.729 bits per heavy atom. The molecule has 1 saturated heterocycles. The van der Waals surface area contributed by atoms with Crippen LogP contribution in [0.3, 0.4) is 0 Å². The van der Waals surface area contributed by atoms with E-state index < -0.39 is 0 Å². The number of halogens is 7. The van der Waals surface area contributed by atoms with Gasteiger partial charge in [-0.1, -0.05) is 59.1 Å². The van der Waals surface area contributed by atoms with Crippen LogP contribution in [0, 0.1) is 17.5 Å². The topological polar surface area (TPSA) is 251 Å². The molecular weight excluding hydrogens is 1220 g/mol. The highest BCUT2D eigenvalue weighted by Gasteiger charge is 2.51. The minimum absolute atomic E-state index is 0.0450. The highest BCUT2D eigenvalue weighted by atomic mass is 79.9. The monoisotopic (exact) mass is 1260 g/mol. The molecule has 1 aliphatic heterocycles. The Labute approximate surface area is 507 Å². The Morgan fingerprint density at radius 3 is 1.13 bits per heavy atom. The van der Waals surface area contributed by atoms with E-state index in [0.29, 0.717) is 59.3 Å². The van der Waals surface area contributed by atoms with E-state index in [1.54, 1.807) is 73.2 Å². The molecule has 6 aromatic carbocycles. The first kappa shape index (κ1) is 59.3. The van der Waals surface area contributed by atoms with Gasteiger partial charge in [0.1, 0.15) is 45.9 Å². The Kier molecular flexibility index (Phi) is 17.5. The van der Waals surface area contributed by atoms with Gasteiger partial charge in [0.05, 0.1) is 42.8 Å². The van der Waals surface area contributed by atoms with E-state index in [4.69, 9.17) is 61.3 Å². The summed E-state index contributed by atoms with van der Waals surface area (Å²) in [6.45, 7) is 8.18. The SMILES string of the molecule is CC1(C)OB(c2ccc3nccc(Cl)c3c2)OC1(C)C.Nc1nnc(-c2ccc3nccc(Cl)c3c2)c(-c2ccc(F)cc2)n1.Nc1nnc(-c2ccc3nccc(Cl)c3c2)c(-c2ccc(F)cc2)n1.Nc1nnc(Br)c(-c2ccc(F)cc2)n1. The molecular formula is C60H45BBrCl3F3N15O2. The van der Waals surface area contributed by atoms with Crippen LogP contribution in [-0.4, -0.2) is 78.8 Å². The molecule has 6 aromatic heterocycles. The first-order chi connectivity index (χ1) is 40.7. The Bertz CT molecular complexity index is 4240. The highest BCUT2D eigenvalue weighted by Crippen LogP contribution is 2.38. The van der Waals surface area contributed by atoms with Crippen LogP contribution in [-0.2, 0) is 9.31 Å². The second-order valence-corrected chi connectivity index (χ2v) is 21.7. The van der Waals surface area contributed by atoms with E-state index in [1.165, 1.54) is 36.4 Å². The van der Waals surface area contributed by atoms with Gasteiger partial charge >= 0.3 is 7.12 Å². The van der Waals surface area contributed by atoms with E-state index in [1.807, 2.05) is 82.3 Å². The number of hydrogen-bond acceptors (Lipinski definition) is 17. The lowest BCUT2D eigenvalue weighted by Crippen LogP contribution is -2.41. The van der Waals surface area contributed by atoms with Gasteiger partial charge < -0.3 is 26.5 Å². The van der Waals surface area contributed by atoms with E-state index in [0.717, 1.165) is 54.9 Å². The number of nitrogens with zero attached hydrogens (tertiary/aromatic N) is 12. The van der Waals surface area contributed by atoms with Crippen molar-refractivity contribution in [2.75, 3.05) is 17.2 Å². The van der Waals surface area contributed by atoms with Crippen LogP contribution in [0.5, 0.6) is 0 Å². The molecule has 6 N–H and O–H groups in total. The molecule has 85 heavy (non-hydrogen) atoms. The van der Waals surface area contributed by atoms with E-state index in [9.17, 15) is 13.2 Å². The quantitative estimate of drug-likeness (QED) is 0.131.